The summed E-state index contributed by atoms with van der Waals surface area (Å²) >= 11 is 0. The van der Waals surface area contributed by atoms with Crippen molar-refractivity contribution >= 4 is 34.4 Å². The summed E-state index contributed by atoms with van der Waals surface area (Å²) in [6, 6.07) is 30.0. The Balaban J connectivity index is 1.20. The maximum atomic E-state index is 13.3. The molecule has 2 heterocycles. The number of hydrogen-bond acceptors (Lipinski definition) is 8. The average molecular weight is 634 g/mol. The summed E-state index contributed by atoms with van der Waals surface area (Å²) in [5.74, 6) is 1.70. The van der Waals surface area contributed by atoms with Crippen molar-refractivity contribution in [1.82, 2.24) is 14.7 Å². The Morgan fingerprint density at radius 3 is 2.15 bits per heavy atom. The van der Waals surface area contributed by atoms with E-state index in [1.54, 1.807) is 51.1 Å². The number of piperazine rings is 1. The molecular weight excluding hydrogens is 594 g/mol. The van der Waals surface area contributed by atoms with Crippen molar-refractivity contribution in [2.75, 3.05) is 43.4 Å². The fraction of sp³-hybridized carbons (Fsp3) is 0.270. The lowest BCUT2D eigenvalue weighted by Crippen LogP contribution is -2.44. The molecule has 1 amide bonds. The van der Waals surface area contributed by atoms with E-state index in [4.69, 9.17) is 14.2 Å². The lowest BCUT2D eigenvalue weighted by molar-refractivity contribution is 0.0522. The van der Waals surface area contributed by atoms with Gasteiger partial charge in [-0.05, 0) is 94.0 Å². The number of benzene rings is 4. The summed E-state index contributed by atoms with van der Waals surface area (Å²) in [6.45, 7) is 9.70. The van der Waals surface area contributed by atoms with Crippen LogP contribution in [0.15, 0.2) is 97.1 Å². The molecule has 10 heteroatoms. The van der Waals surface area contributed by atoms with Crippen molar-refractivity contribution in [2.24, 2.45) is 0 Å². The molecule has 1 saturated heterocycles. The zero-order chi connectivity index (χ0) is 33.0. The molecule has 1 aromatic heterocycles. The molecule has 0 saturated carbocycles. The predicted octanol–water partition coefficient (Wildman–Crippen LogP) is 7.19. The van der Waals surface area contributed by atoms with Crippen LogP contribution in [0, 0.1) is 0 Å². The number of fused-ring (bicyclic) bond motifs is 1. The molecule has 0 atom stereocenters. The SMILES string of the molecule is CN1CCN(c2ccc(C(=O)Nc3nn(C(=O)OC(C)(C)C)c4cc(Oc5ccc(OCc6ccccc6)cc5)ccc34)cc2)CC1. The molecule has 1 fully saturated rings. The summed E-state index contributed by atoms with van der Waals surface area (Å²) in [4.78, 5) is 31.2. The smallest absolute Gasteiger partial charge is 0.435 e. The van der Waals surface area contributed by atoms with Gasteiger partial charge < -0.3 is 29.3 Å². The van der Waals surface area contributed by atoms with Gasteiger partial charge in [-0.2, -0.15) is 4.68 Å². The van der Waals surface area contributed by atoms with Gasteiger partial charge in [0.2, 0.25) is 0 Å². The molecule has 242 valence electrons. The van der Waals surface area contributed by atoms with Crippen molar-refractivity contribution in [3.8, 4) is 17.2 Å². The topological polar surface area (TPSA) is 98.2 Å². The van der Waals surface area contributed by atoms with Crippen LogP contribution in [-0.2, 0) is 11.3 Å². The molecule has 0 unspecified atom stereocenters. The molecule has 47 heavy (non-hydrogen) atoms. The van der Waals surface area contributed by atoms with E-state index in [0.29, 0.717) is 40.3 Å². The maximum Gasteiger partial charge on any atom is 0.435 e. The van der Waals surface area contributed by atoms with Crippen molar-refractivity contribution < 1.29 is 23.8 Å². The minimum atomic E-state index is -0.747. The first-order valence-corrected chi connectivity index (χ1v) is 15.7. The van der Waals surface area contributed by atoms with Gasteiger partial charge in [-0.1, -0.05) is 30.3 Å². The highest BCUT2D eigenvalue weighted by molar-refractivity contribution is 6.09. The monoisotopic (exact) mass is 633 g/mol. The number of carbonyl (C=O) groups excluding carboxylic acids is 2. The second-order valence-electron chi connectivity index (χ2n) is 12.6. The lowest BCUT2D eigenvalue weighted by atomic mass is 10.1. The maximum absolute atomic E-state index is 13.3. The summed E-state index contributed by atoms with van der Waals surface area (Å²) < 4.78 is 18.8. The molecule has 1 N–H and O–H groups in total. The van der Waals surface area contributed by atoms with E-state index in [2.05, 4.69) is 27.3 Å². The van der Waals surface area contributed by atoms with E-state index in [1.807, 2.05) is 66.7 Å². The predicted molar refractivity (Wildman–Crippen MR) is 183 cm³/mol. The summed E-state index contributed by atoms with van der Waals surface area (Å²) in [5, 5.41) is 7.92. The fourth-order valence-corrected chi connectivity index (χ4v) is 5.24. The molecule has 4 aromatic carbocycles. The number of aromatic nitrogens is 2. The number of hydrogen-bond donors (Lipinski definition) is 1. The minimum absolute atomic E-state index is 0.241. The van der Waals surface area contributed by atoms with Gasteiger partial charge in [0.1, 0.15) is 29.5 Å². The number of nitrogens with one attached hydrogen (secondary N) is 1. The first kappa shape index (κ1) is 31.6. The lowest BCUT2D eigenvalue weighted by Gasteiger charge is -2.34. The molecular formula is C37H39N5O5. The van der Waals surface area contributed by atoms with Crippen molar-refractivity contribution in [3.63, 3.8) is 0 Å². The largest absolute Gasteiger partial charge is 0.489 e. The van der Waals surface area contributed by atoms with Crippen LogP contribution in [-0.4, -0.2) is 65.5 Å². The van der Waals surface area contributed by atoms with Crippen LogP contribution < -0.4 is 19.7 Å². The standard InChI is InChI=1S/C37H39N5O5/c1-37(2,3)47-36(44)42-33-24-31(46-30-16-14-29(15-17-30)45-25-26-8-6-5-7-9-26)18-19-32(33)34(39-42)38-35(43)27-10-12-28(13-11-27)41-22-20-40(4)21-23-41/h5-19,24H,20-23,25H2,1-4H3,(H,38,39,43). The normalized spacial score (nSPS) is 13.7. The minimum Gasteiger partial charge on any atom is -0.489 e. The van der Waals surface area contributed by atoms with Crippen LogP contribution in [0.4, 0.5) is 16.3 Å². The number of carbonyl (C=O) groups is 2. The molecule has 0 bridgehead atoms. The Morgan fingerprint density at radius 1 is 0.809 bits per heavy atom. The fourth-order valence-electron chi connectivity index (χ4n) is 5.24. The Morgan fingerprint density at radius 2 is 1.47 bits per heavy atom. The van der Waals surface area contributed by atoms with E-state index in [9.17, 15) is 9.59 Å². The zero-order valence-electron chi connectivity index (χ0n) is 27.1. The van der Waals surface area contributed by atoms with Gasteiger partial charge in [0.05, 0.1) is 5.52 Å². The first-order chi connectivity index (χ1) is 22.6. The van der Waals surface area contributed by atoms with E-state index >= 15 is 0 Å². The number of likely N-dealkylation sites (N-methyl/N-ethyl adjacent to an activating group) is 1. The number of rotatable bonds is 8. The van der Waals surface area contributed by atoms with Crippen LogP contribution in [0.2, 0.25) is 0 Å². The average Bonchev–Trinajstić information content (AvgIpc) is 3.42. The summed E-state index contributed by atoms with van der Waals surface area (Å²) in [5.41, 5.74) is 2.33. The molecule has 6 rings (SSSR count). The summed E-state index contributed by atoms with van der Waals surface area (Å²) in [7, 11) is 2.12. The molecule has 1 aliphatic heterocycles. The number of ether oxygens (including phenoxy) is 3. The number of anilines is 2. The second kappa shape index (κ2) is 13.6. The van der Waals surface area contributed by atoms with Crippen molar-refractivity contribution in [1.29, 1.82) is 0 Å². The van der Waals surface area contributed by atoms with Crippen LogP contribution in [0.25, 0.3) is 10.9 Å². The van der Waals surface area contributed by atoms with Crippen molar-refractivity contribution in [2.45, 2.75) is 33.0 Å². The third kappa shape index (κ3) is 7.90. The van der Waals surface area contributed by atoms with Gasteiger partial charge >= 0.3 is 6.09 Å². The first-order valence-electron chi connectivity index (χ1n) is 15.7. The highest BCUT2D eigenvalue weighted by Crippen LogP contribution is 2.31. The Labute approximate surface area is 274 Å². The van der Waals surface area contributed by atoms with Gasteiger partial charge in [-0.3, -0.25) is 4.79 Å². The van der Waals surface area contributed by atoms with Crippen LogP contribution in [0.3, 0.4) is 0 Å². The van der Waals surface area contributed by atoms with E-state index < -0.39 is 11.7 Å². The molecule has 0 aliphatic carbocycles. The molecule has 0 radical (unpaired) electrons. The molecule has 10 nitrogen and oxygen atoms in total. The quantitative estimate of drug-likeness (QED) is 0.192. The second-order valence-corrected chi connectivity index (χ2v) is 12.6. The number of nitrogens with zero attached hydrogens (tertiary/aromatic N) is 4. The highest BCUT2D eigenvalue weighted by atomic mass is 16.6. The van der Waals surface area contributed by atoms with Gasteiger partial charge in [0.15, 0.2) is 5.82 Å². The van der Waals surface area contributed by atoms with Gasteiger partial charge in [0.25, 0.3) is 5.91 Å². The zero-order valence-corrected chi connectivity index (χ0v) is 27.1. The van der Waals surface area contributed by atoms with Crippen LogP contribution in [0.5, 0.6) is 17.2 Å². The third-order valence-corrected chi connectivity index (χ3v) is 7.76. The van der Waals surface area contributed by atoms with E-state index in [0.717, 1.165) is 42.1 Å². The Kier molecular flexibility index (Phi) is 9.12. The number of amides is 1. The molecule has 1 aliphatic rings. The Bertz CT molecular complexity index is 1840. The Hall–Kier alpha value is -5.35. The van der Waals surface area contributed by atoms with Crippen LogP contribution in [0.1, 0.15) is 36.7 Å². The third-order valence-electron chi connectivity index (χ3n) is 7.76. The van der Waals surface area contributed by atoms with Crippen molar-refractivity contribution in [3.05, 3.63) is 108 Å². The molecule has 0 spiro atoms. The van der Waals surface area contributed by atoms with Crippen LogP contribution >= 0.6 is 0 Å². The highest BCUT2D eigenvalue weighted by Gasteiger charge is 2.24. The van der Waals surface area contributed by atoms with Gasteiger partial charge in [-0.15, -0.1) is 5.10 Å². The van der Waals surface area contributed by atoms with Gasteiger partial charge in [-0.25, -0.2) is 4.79 Å². The molecule has 5 aromatic rings. The van der Waals surface area contributed by atoms with E-state index in [1.165, 1.54) is 0 Å². The van der Waals surface area contributed by atoms with Gasteiger partial charge in [0, 0.05) is 48.9 Å². The van der Waals surface area contributed by atoms with E-state index in [-0.39, 0.29) is 11.7 Å². The summed E-state index contributed by atoms with van der Waals surface area (Å²) in [6.07, 6.45) is -0.670.